The van der Waals surface area contributed by atoms with E-state index in [9.17, 15) is 0 Å². The molecule has 0 aliphatic carbocycles. The molecule has 0 aromatic heterocycles. The van der Waals surface area contributed by atoms with E-state index in [-0.39, 0.29) is 20.3 Å². The van der Waals surface area contributed by atoms with Crippen molar-refractivity contribution in [2.45, 2.75) is 47.0 Å². The monoisotopic (exact) mass is 552 g/mol. The van der Waals surface area contributed by atoms with Crippen LogP contribution in [0.2, 0.25) is 0 Å². The zero-order valence-corrected chi connectivity index (χ0v) is 26.0. The molecule has 0 aliphatic heterocycles. The first-order valence-corrected chi connectivity index (χ1v) is 15.6. The Balaban J connectivity index is 0.000000349. The van der Waals surface area contributed by atoms with E-state index in [1.807, 2.05) is 0 Å². The second-order valence-electron chi connectivity index (χ2n) is 9.71. The third kappa shape index (κ3) is 7.25. The standard InChI is InChI=1S/C20H21.C11H11.2CH3.Si.Zr/c1-14-12-16-6-5-7-18(19(16)13-14)15-8-10-17(11-9-15)20(2,3)4;1-8-7-10-5-3-4-6-11(10)9(8)2;;;;/h5-13H,1-4H3;3-7H,1-2H3;2*1H3;;/q4*-1;;. The van der Waals surface area contributed by atoms with Crippen LogP contribution in [0.1, 0.15) is 43.0 Å². The van der Waals surface area contributed by atoms with E-state index in [0.717, 1.165) is 0 Å². The Kier molecular flexibility index (Phi) is 11.8. The summed E-state index contributed by atoms with van der Waals surface area (Å²) in [5, 5.41) is 5.45. The van der Waals surface area contributed by atoms with Gasteiger partial charge in [0.15, 0.2) is 0 Å². The molecule has 0 bridgehead atoms. The molecule has 5 rings (SSSR count). The van der Waals surface area contributed by atoms with Gasteiger partial charge >= 0.3 is 30.2 Å². The van der Waals surface area contributed by atoms with Gasteiger partial charge in [-0.15, -0.1) is 75.1 Å². The number of hydrogen-bond acceptors (Lipinski definition) is 0. The predicted octanol–water partition coefficient (Wildman–Crippen LogP) is 9.52. The number of hydrogen-bond donors (Lipinski definition) is 0. The Hall–Kier alpha value is -2.02. The van der Waals surface area contributed by atoms with Crippen LogP contribution in [0.5, 0.6) is 0 Å². The molecule has 182 valence electrons. The van der Waals surface area contributed by atoms with E-state index in [2.05, 4.69) is 133 Å². The molecule has 0 spiro atoms. The zero-order chi connectivity index (χ0) is 24.2. The molecular formula is C33H38SiZr-4. The summed E-state index contributed by atoms with van der Waals surface area (Å²) in [6.07, 6.45) is 0. The number of benzene rings is 3. The Labute approximate surface area is 230 Å². The van der Waals surface area contributed by atoms with Crippen LogP contribution in [0.25, 0.3) is 32.7 Å². The predicted molar refractivity (Wildman–Crippen MR) is 156 cm³/mol. The van der Waals surface area contributed by atoms with Gasteiger partial charge in [-0.3, -0.25) is 0 Å². The van der Waals surface area contributed by atoms with E-state index < -0.39 is 0 Å². The van der Waals surface area contributed by atoms with Crippen molar-refractivity contribution in [3.63, 3.8) is 0 Å². The van der Waals surface area contributed by atoms with E-state index in [0.29, 0.717) is 0 Å². The molecule has 0 saturated carbocycles. The summed E-state index contributed by atoms with van der Waals surface area (Å²) in [6, 6.07) is 30.8. The summed E-state index contributed by atoms with van der Waals surface area (Å²) < 4.78 is 0. The Morgan fingerprint density at radius 3 is 1.86 bits per heavy atom. The van der Waals surface area contributed by atoms with E-state index in [1.165, 1.54) is 78.3 Å². The van der Waals surface area contributed by atoms with Gasteiger partial charge in [-0.2, -0.15) is 11.6 Å². The first-order valence-electron chi connectivity index (χ1n) is 11.4. The average molecular weight is 554 g/mol. The summed E-state index contributed by atoms with van der Waals surface area (Å²) in [5.74, 6) is 0. The van der Waals surface area contributed by atoms with Crippen molar-refractivity contribution in [1.82, 2.24) is 0 Å². The van der Waals surface area contributed by atoms with Crippen molar-refractivity contribution in [2.24, 2.45) is 0 Å². The van der Waals surface area contributed by atoms with Crippen LogP contribution in [-0.2, 0) is 28.8 Å². The molecule has 2 heteroatoms. The zero-order valence-electron chi connectivity index (χ0n) is 22.6. The summed E-state index contributed by atoms with van der Waals surface area (Å²) in [5.41, 5.74) is 8.37. The van der Waals surface area contributed by atoms with Gasteiger partial charge in [0.05, 0.1) is 0 Å². The normalized spacial score (nSPS) is 10.3. The molecule has 2 radical (unpaired) electrons. The van der Waals surface area contributed by atoms with Crippen LogP contribution < -0.4 is 0 Å². The average Bonchev–Trinajstić information content (AvgIpc) is 3.33. The fourth-order valence-electron chi connectivity index (χ4n) is 4.30. The fourth-order valence-corrected chi connectivity index (χ4v) is 4.30. The minimum atomic E-state index is 0. The molecule has 0 atom stereocenters. The first kappa shape index (κ1) is 31.0. The topological polar surface area (TPSA) is 0 Å². The summed E-state index contributed by atoms with van der Waals surface area (Å²) >= 11 is 1.36. The van der Waals surface area contributed by atoms with Gasteiger partial charge in [0.2, 0.25) is 0 Å². The fraction of sp³-hybridized carbons (Fsp3) is 0.212. The molecule has 0 fully saturated rings. The molecule has 0 heterocycles. The van der Waals surface area contributed by atoms with Gasteiger partial charge in [-0.25, -0.2) is 0 Å². The maximum atomic E-state index is 3.06. The molecule has 0 N–H and O–H groups in total. The number of fused-ring (bicyclic) bond motifs is 2. The number of rotatable bonds is 1. The van der Waals surface area contributed by atoms with Gasteiger partial charge in [0.25, 0.3) is 0 Å². The Bertz CT molecular complexity index is 1340. The van der Waals surface area contributed by atoms with Crippen LogP contribution >= 0.6 is 0 Å². The third-order valence-electron chi connectivity index (χ3n) is 6.29. The SMILES string of the molecule is Cc1[cH-]c2ccccc2c1C.Cc1cc2c(-c3ccc(C(C)(C)C)cc3)cccc2[cH-]1.[CH3-].[CH3-].[Si]=[Zr]. The van der Waals surface area contributed by atoms with Gasteiger partial charge in [-0.05, 0) is 16.5 Å². The van der Waals surface area contributed by atoms with Gasteiger partial charge in [-0.1, -0.05) is 83.5 Å². The van der Waals surface area contributed by atoms with Gasteiger partial charge in [0, 0.05) is 0 Å². The number of aryl methyl sites for hydroxylation is 3. The molecule has 35 heavy (non-hydrogen) atoms. The van der Waals surface area contributed by atoms with Crippen LogP contribution in [0.3, 0.4) is 0 Å². The Morgan fingerprint density at radius 1 is 0.686 bits per heavy atom. The molecule has 0 nitrogen and oxygen atoms in total. The van der Waals surface area contributed by atoms with Crippen LogP contribution in [0, 0.1) is 35.6 Å². The second-order valence-corrected chi connectivity index (χ2v) is 9.71. The van der Waals surface area contributed by atoms with E-state index in [1.54, 1.807) is 0 Å². The van der Waals surface area contributed by atoms with Crippen molar-refractivity contribution in [1.29, 1.82) is 0 Å². The molecule has 5 aromatic rings. The second kappa shape index (κ2) is 13.3. The van der Waals surface area contributed by atoms with Crippen LogP contribution in [0.4, 0.5) is 0 Å². The van der Waals surface area contributed by atoms with Crippen molar-refractivity contribution in [3.05, 3.63) is 122 Å². The summed E-state index contributed by atoms with van der Waals surface area (Å²) in [6.45, 7) is 16.3. The van der Waals surface area contributed by atoms with Crippen molar-refractivity contribution < 1.29 is 23.3 Å². The third-order valence-corrected chi connectivity index (χ3v) is 6.29. The minimum absolute atomic E-state index is 0. The van der Waals surface area contributed by atoms with Crippen molar-refractivity contribution in [2.75, 3.05) is 0 Å². The summed E-state index contributed by atoms with van der Waals surface area (Å²) in [4.78, 5) is 0. The van der Waals surface area contributed by atoms with Crippen molar-refractivity contribution in [3.8, 4) is 11.1 Å². The Morgan fingerprint density at radius 2 is 1.26 bits per heavy atom. The molecule has 0 unspecified atom stereocenters. The van der Waals surface area contributed by atoms with Gasteiger partial charge < -0.3 is 14.9 Å². The molecule has 0 amide bonds. The molecule has 0 aliphatic rings. The van der Waals surface area contributed by atoms with Crippen LogP contribution in [-0.4, -0.2) is 6.88 Å². The maximum absolute atomic E-state index is 3.06. The van der Waals surface area contributed by atoms with Crippen molar-refractivity contribution >= 4 is 28.4 Å². The first-order chi connectivity index (χ1) is 15.7. The van der Waals surface area contributed by atoms with E-state index in [4.69, 9.17) is 0 Å². The summed E-state index contributed by atoms with van der Waals surface area (Å²) in [7, 11) is 0. The molecule has 0 saturated heterocycles. The van der Waals surface area contributed by atoms with E-state index >= 15 is 0 Å². The van der Waals surface area contributed by atoms with Gasteiger partial charge in [0.1, 0.15) is 0 Å². The molecule has 5 aromatic carbocycles. The quantitative estimate of drug-likeness (QED) is 0.143. The van der Waals surface area contributed by atoms with Crippen LogP contribution in [0.15, 0.2) is 84.9 Å². The molecular weight excluding hydrogens is 516 g/mol.